The molecule has 0 saturated carbocycles. The predicted molar refractivity (Wildman–Crippen MR) is 118 cm³/mol. The van der Waals surface area contributed by atoms with E-state index in [4.69, 9.17) is 4.74 Å². The minimum absolute atomic E-state index is 0.202. The van der Waals surface area contributed by atoms with Gasteiger partial charge in [0.1, 0.15) is 5.75 Å². The molecule has 0 fully saturated rings. The van der Waals surface area contributed by atoms with Gasteiger partial charge in [-0.25, -0.2) is 5.43 Å². The lowest BCUT2D eigenvalue weighted by molar-refractivity contribution is -0.136. The van der Waals surface area contributed by atoms with Crippen molar-refractivity contribution in [3.8, 4) is 5.75 Å². The van der Waals surface area contributed by atoms with Crippen LogP contribution in [0.5, 0.6) is 5.75 Å². The van der Waals surface area contributed by atoms with Gasteiger partial charge in [-0.2, -0.15) is 5.10 Å². The summed E-state index contributed by atoms with van der Waals surface area (Å²) in [6, 6.07) is 22.3. The minimum Gasteiger partial charge on any atom is -0.497 e. The molecule has 3 N–H and O–H groups in total. The fraction of sp³-hybridized carbons (Fsp3) is 0.0435. The number of benzene rings is 3. The number of hydrogen-bond acceptors (Lipinski definition) is 5. The van der Waals surface area contributed by atoms with Gasteiger partial charge in [0.05, 0.1) is 24.6 Å². The molecule has 0 radical (unpaired) electrons. The molecule has 8 heteroatoms. The molecule has 0 spiro atoms. The topological polar surface area (TPSA) is 109 Å². The average molecular weight is 416 g/mol. The number of nitrogens with one attached hydrogen (secondary N) is 3. The first-order valence-electron chi connectivity index (χ1n) is 9.30. The molecule has 0 heterocycles. The Hall–Kier alpha value is -4.46. The fourth-order valence-electron chi connectivity index (χ4n) is 2.63. The van der Waals surface area contributed by atoms with Gasteiger partial charge in [-0.15, -0.1) is 0 Å². The quantitative estimate of drug-likeness (QED) is 0.326. The molecule has 3 amide bonds. The lowest BCUT2D eigenvalue weighted by Gasteiger charge is -2.11. The maximum atomic E-state index is 12.6. The van der Waals surface area contributed by atoms with Crippen LogP contribution < -0.4 is 20.8 Å². The highest BCUT2D eigenvalue weighted by Crippen LogP contribution is 2.17. The number of para-hydroxylation sites is 2. The largest absolute Gasteiger partial charge is 0.497 e. The second-order valence-electron chi connectivity index (χ2n) is 6.30. The Bertz CT molecular complexity index is 1110. The molecule has 3 aromatic carbocycles. The van der Waals surface area contributed by atoms with Crippen molar-refractivity contribution in [2.45, 2.75) is 0 Å². The first kappa shape index (κ1) is 21.3. The Labute approximate surface area is 178 Å². The Kier molecular flexibility index (Phi) is 7.10. The van der Waals surface area contributed by atoms with E-state index in [1.807, 2.05) is 6.07 Å². The summed E-state index contributed by atoms with van der Waals surface area (Å²) in [6.45, 7) is 0. The molecule has 3 rings (SSSR count). The highest BCUT2D eigenvalue weighted by molar-refractivity contribution is 6.40. The van der Waals surface area contributed by atoms with Crippen LogP contribution in [0.2, 0.25) is 0 Å². The van der Waals surface area contributed by atoms with Crippen LogP contribution in [0.4, 0.5) is 11.4 Å². The number of methoxy groups -OCH3 is 1. The number of amides is 3. The first-order chi connectivity index (χ1) is 15.1. The molecule has 0 bridgehead atoms. The summed E-state index contributed by atoms with van der Waals surface area (Å²) in [6.07, 6.45) is 1.38. The highest BCUT2D eigenvalue weighted by atomic mass is 16.5. The SMILES string of the molecule is COc1cccc(/C=N\NC(=O)C(=O)Nc2ccccc2C(=O)Nc2ccccc2)c1. The molecule has 0 saturated heterocycles. The summed E-state index contributed by atoms with van der Waals surface area (Å²) in [7, 11) is 1.54. The number of nitrogens with zero attached hydrogens (tertiary/aromatic N) is 1. The van der Waals surface area contributed by atoms with Gasteiger partial charge in [0.15, 0.2) is 0 Å². The number of carbonyl (C=O) groups is 3. The maximum Gasteiger partial charge on any atom is 0.329 e. The van der Waals surface area contributed by atoms with Gasteiger partial charge in [-0.1, -0.05) is 42.5 Å². The smallest absolute Gasteiger partial charge is 0.329 e. The summed E-state index contributed by atoms with van der Waals surface area (Å²) in [5.41, 5.74) is 3.86. The van der Waals surface area contributed by atoms with Crippen LogP contribution in [-0.4, -0.2) is 31.0 Å². The monoisotopic (exact) mass is 416 g/mol. The normalized spacial score (nSPS) is 10.4. The molecule has 31 heavy (non-hydrogen) atoms. The van der Waals surface area contributed by atoms with E-state index in [2.05, 4.69) is 21.2 Å². The first-order valence-corrected chi connectivity index (χ1v) is 9.30. The van der Waals surface area contributed by atoms with Gasteiger partial charge in [0.2, 0.25) is 0 Å². The summed E-state index contributed by atoms with van der Waals surface area (Å²) in [5, 5.41) is 8.95. The van der Waals surface area contributed by atoms with Crippen molar-refractivity contribution in [2.75, 3.05) is 17.7 Å². The number of ether oxygens (including phenoxy) is 1. The lowest BCUT2D eigenvalue weighted by atomic mass is 10.1. The molecule has 0 unspecified atom stereocenters. The zero-order valence-electron chi connectivity index (χ0n) is 16.7. The van der Waals surface area contributed by atoms with Crippen LogP contribution in [0, 0.1) is 0 Å². The van der Waals surface area contributed by atoms with E-state index in [1.54, 1.807) is 73.8 Å². The van der Waals surface area contributed by atoms with Crippen LogP contribution in [0.3, 0.4) is 0 Å². The predicted octanol–water partition coefficient (Wildman–Crippen LogP) is 3.04. The summed E-state index contributed by atoms with van der Waals surface area (Å²) in [4.78, 5) is 36.9. The molecule has 0 aliphatic heterocycles. The number of hydrazone groups is 1. The van der Waals surface area contributed by atoms with Gasteiger partial charge < -0.3 is 15.4 Å². The zero-order chi connectivity index (χ0) is 22.1. The second-order valence-corrected chi connectivity index (χ2v) is 6.30. The van der Waals surface area contributed by atoms with E-state index >= 15 is 0 Å². The van der Waals surface area contributed by atoms with E-state index in [-0.39, 0.29) is 11.3 Å². The third-order valence-electron chi connectivity index (χ3n) is 4.13. The maximum absolute atomic E-state index is 12.6. The molecule has 0 aliphatic carbocycles. The molecule has 0 aliphatic rings. The minimum atomic E-state index is -0.975. The van der Waals surface area contributed by atoms with Crippen molar-refractivity contribution in [1.82, 2.24) is 5.43 Å². The summed E-state index contributed by atoms with van der Waals surface area (Å²) in [5.74, 6) is -1.71. The third kappa shape index (κ3) is 6.01. The van der Waals surface area contributed by atoms with Gasteiger partial charge >= 0.3 is 11.8 Å². The molecule has 3 aromatic rings. The molecular formula is C23H20N4O4. The van der Waals surface area contributed by atoms with Crippen molar-refractivity contribution in [1.29, 1.82) is 0 Å². The zero-order valence-corrected chi connectivity index (χ0v) is 16.7. The van der Waals surface area contributed by atoms with Crippen LogP contribution in [0.15, 0.2) is 84.0 Å². The van der Waals surface area contributed by atoms with Crippen molar-refractivity contribution >= 4 is 35.3 Å². The lowest BCUT2D eigenvalue weighted by Crippen LogP contribution is -2.33. The second kappa shape index (κ2) is 10.4. The van der Waals surface area contributed by atoms with E-state index in [1.165, 1.54) is 12.3 Å². The van der Waals surface area contributed by atoms with Crippen LogP contribution in [0.1, 0.15) is 15.9 Å². The summed E-state index contributed by atoms with van der Waals surface area (Å²) >= 11 is 0. The van der Waals surface area contributed by atoms with Crippen molar-refractivity contribution in [3.63, 3.8) is 0 Å². The van der Waals surface area contributed by atoms with Gasteiger partial charge in [0.25, 0.3) is 5.91 Å². The van der Waals surface area contributed by atoms with Gasteiger partial charge in [0, 0.05) is 5.69 Å². The Morgan fingerprint density at radius 1 is 0.839 bits per heavy atom. The standard InChI is InChI=1S/C23H20N4O4/c1-31-18-11-7-8-16(14-18)15-24-27-23(30)22(29)26-20-13-6-5-12-19(20)21(28)25-17-9-3-2-4-10-17/h2-15H,1H3,(H,25,28)(H,26,29)(H,27,30)/b24-15-. The van der Waals surface area contributed by atoms with Crippen molar-refractivity contribution < 1.29 is 19.1 Å². The Morgan fingerprint density at radius 2 is 1.58 bits per heavy atom. The van der Waals surface area contributed by atoms with Crippen LogP contribution in [-0.2, 0) is 9.59 Å². The number of carbonyl (C=O) groups excluding carboxylic acids is 3. The summed E-state index contributed by atoms with van der Waals surface area (Å²) < 4.78 is 5.11. The fourth-order valence-corrected chi connectivity index (χ4v) is 2.63. The number of rotatable bonds is 6. The van der Waals surface area contributed by atoms with Crippen molar-refractivity contribution in [2.24, 2.45) is 5.10 Å². The molecule has 0 aromatic heterocycles. The molecule has 156 valence electrons. The molecular weight excluding hydrogens is 396 g/mol. The molecule has 0 atom stereocenters. The Morgan fingerprint density at radius 3 is 2.35 bits per heavy atom. The average Bonchev–Trinajstić information content (AvgIpc) is 2.80. The van der Waals surface area contributed by atoms with E-state index in [0.717, 1.165) is 0 Å². The van der Waals surface area contributed by atoms with Crippen LogP contribution >= 0.6 is 0 Å². The van der Waals surface area contributed by atoms with Gasteiger partial charge in [-0.05, 0) is 42.0 Å². The number of anilines is 2. The highest BCUT2D eigenvalue weighted by Gasteiger charge is 2.17. The molecule has 8 nitrogen and oxygen atoms in total. The van der Waals surface area contributed by atoms with E-state index in [0.29, 0.717) is 17.0 Å². The van der Waals surface area contributed by atoms with Gasteiger partial charge in [-0.3, -0.25) is 14.4 Å². The third-order valence-corrected chi connectivity index (χ3v) is 4.13. The Balaban J connectivity index is 1.62. The van der Waals surface area contributed by atoms with Crippen molar-refractivity contribution in [3.05, 3.63) is 90.0 Å². The van der Waals surface area contributed by atoms with E-state index < -0.39 is 17.7 Å². The van der Waals surface area contributed by atoms with E-state index in [9.17, 15) is 14.4 Å². The van der Waals surface area contributed by atoms with Crippen LogP contribution in [0.25, 0.3) is 0 Å². The number of hydrogen-bond donors (Lipinski definition) is 3.